The largest absolute Gasteiger partial charge is 0.398 e. The summed E-state index contributed by atoms with van der Waals surface area (Å²) in [6.45, 7) is 0. The molecule has 0 aliphatic carbocycles. The number of rotatable bonds is 1. The second kappa shape index (κ2) is 4.25. The van der Waals surface area contributed by atoms with E-state index >= 15 is 0 Å². The van der Waals surface area contributed by atoms with E-state index in [1.165, 1.54) is 0 Å². The molecule has 0 atom stereocenters. The number of hydrogen-bond acceptors (Lipinski definition) is 3. The van der Waals surface area contributed by atoms with Crippen LogP contribution in [0.5, 0.6) is 0 Å². The van der Waals surface area contributed by atoms with Crippen molar-refractivity contribution in [2.24, 2.45) is 0 Å². The van der Waals surface area contributed by atoms with Crippen molar-refractivity contribution < 1.29 is 0 Å². The molecular weight excluding hydrogens is 204 g/mol. The van der Waals surface area contributed by atoms with Crippen LogP contribution in [0.25, 0.3) is 10.6 Å². The zero-order valence-electron chi connectivity index (χ0n) is 6.81. The van der Waals surface area contributed by atoms with Gasteiger partial charge < -0.3 is 5.73 Å². The second-order valence-corrected chi connectivity index (χ2v) is 3.32. The summed E-state index contributed by atoms with van der Waals surface area (Å²) in [5.41, 5.74) is 7.58. The smallest absolute Gasteiger partial charge is 0.125 e. The molecule has 0 fully saturated rings. The van der Waals surface area contributed by atoms with Gasteiger partial charge in [0.25, 0.3) is 0 Å². The molecule has 2 nitrogen and oxygen atoms in total. The first-order chi connectivity index (χ1) is 5.88. The van der Waals surface area contributed by atoms with E-state index in [4.69, 9.17) is 5.73 Å². The number of aromatic nitrogens is 1. The van der Waals surface area contributed by atoms with Crippen molar-refractivity contribution in [3.63, 3.8) is 0 Å². The minimum Gasteiger partial charge on any atom is -0.398 e. The SMILES string of the molecule is Cl.Nc1ccccc1-c1nccs1. The summed E-state index contributed by atoms with van der Waals surface area (Å²) in [5, 5.41) is 2.93. The number of nitrogen functional groups attached to an aromatic ring is 1. The Labute approximate surface area is 86.8 Å². The lowest BCUT2D eigenvalue weighted by Crippen LogP contribution is -1.87. The van der Waals surface area contributed by atoms with Crippen molar-refractivity contribution in [1.82, 2.24) is 4.98 Å². The molecule has 1 heterocycles. The number of halogens is 1. The van der Waals surface area contributed by atoms with Gasteiger partial charge in [-0.1, -0.05) is 12.1 Å². The third-order valence-electron chi connectivity index (χ3n) is 1.62. The van der Waals surface area contributed by atoms with E-state index in [0.717, 1.165) is 16.3 Å². The minimum atomic E-state index is 0. The van der Waals surface area contributed by atoms with Gasteiger partial charge in [-0.25, -0.2) is 4.98 Å². The molecule has 0 aliphatic heterocycles. The van der Waals surface area contributed by atoms with Crippen LogP contribution < -0.4 is 5.73 Å². The molecule has 1 aromatic heterocycles. The minimum absolute atomic E-state index is 0. The van der Waals surface area contributed by atoms with Gasteiger partial charge in [0.1, 0.15) is 5.01 Å². The molecule has 68 valence electrons. The van der Waals surface area contributed by atoms with Crippen molar-refractivity contribution in [2.75, 3.05) is 5.73 Å². The van der Waals surface area contributed by atoms with Crippen LogP contribution in [0.2, 0.25) is 0 Å². The quantitative estimate of drug-likeness (QED) is 0.739. The molecule has 0 spiro atoms. The van der Waals surface area contributed by atoms with Crippen molar-refractivity contribution in [3.05, 3.63) is 35.8 Å². The van der Waals surface area contributed by atoms with Gasteiger partial charge in [-0.2, -0.15) is 0 Å². The van der Waals surface area contributed by atoms with Crippen LogP contribution in [0.15, 0.2) is 35.8 Å². The molecule has 4 heteroatoms. The van der Waals surface area contributed by atoms with E-state index in [-0.39, 0.29) is 12.4 Å². The Hall–Kier alpha value is -1.06. The zero-order valence-corrected chi connectivity index (χ0v) is 8.44. The molecule has 0 saturated carbocycles. The highest BCUT2D eigenvalue weighted by Gasteiger charge is 2.02. The van der Waals surface area contributed by atoms with Crippen molar-refractivity contribution in [3.8, 4) is 10.6 Å². The Balaban J connectivity index is 0.000000845. The zero-order chi connectivity index (χ0) is 8.39. The summed E-state index contributed by atoms with van der Waals surface area (Å²) in [4.78, 5) is 4.19. The van der Waals surface area contributed by atoms with Crippen LogP contribution in [-0.4, -0.2) is 4.98 Å². The monoisotopic (exact) mass is 212 g/mol. The summed E-state index contributed by atoms with van der Waals surface area (Å²) in [6.07, 6.45) is 1.78. The first-order valence-corrected chi connectivity index (χ1v) is 4.50. The topological polar surface area (TPSA) is 38.9 Å². The molecule has 2 N–H and O–H groups in total. The van der Waals surface area contributed by atoms with E-state index in [0.29, 0.717) is 0 Å². The number of thiazole rings is 1. The van der Waals surface area contributed by atoms with E-state index in [2.05, 4.69) is 4.98 Å². The Bertz CT molecular complexity index is 373. The van der Waals surface area contributed by atoms with Gasteiger partial charge in [-0.3, -0.25) is 0 Å². The normalized spacial score (nSPS) is 9.23. The summed E-state index contributed by atoms with van der Waals surface area (Å²) < 4.78 is 0. The molecule has 0 amide bonds. The van der Waals surface area contributed by atoms with Gasteiger partial charge >= 0.3 is 0 Å². The predicted octanol–water partition coefficient (Wildman–Crippen LogP) is 2.81. The van der Waals surface area contributed by atoms with Crippen molar-refractivity contribution in [1.29, 1.82) is 0 Å². The molecule has 0 unspecified atom stereocenters. The molecule has 0 saturated heterocycles. The highest BCUT2D eigenvalue weighted by atomic mass is 35.5. The Morgan fingerprint density at radius 3 is 2.62 bits per heavy atom. The van der Waals surface area contributed by atoms with Crippen LogP contribution in [-0.2, 0) is 0 Å². The lowest BCUT2D eigenvalue weighted by molar-refractivity contribution is 1.41. The number of nitrogens with zero attached hydrogens (tertiary/aromatic N) is 1. The van der Waals surface area contributed by atoms with Crippen LogP contribution in [0, 0.1) is 0 Å². The van der Waals surface area contributed by atoms with Gasteiger partial charge in [-0.05, 0) is 12.1 Å². The van der Waals surface area contributed by atoms with Crippen LogP contribution in [0.3, 0.4) is 0 Å². The van der Waals surface area contributed by atoms with Gasteiger partial charge in [0, 0.05) is 22.8 Å². The maximum atomic E-state index is 5.78. The summed E-state index contributed by atoms with van der Waals surface area (Å²) in [5.74, 6) is 0. The standard InChI is InChI=1S/C9H8N2S.ClH/c10-8-4-2-1-3-7(8)9-11-5-6-12-9;/h1-6H,10H2;1H. The van der Waals surface area contributed by atoms with Crippen LogP contribution in [0.1, 0.15) is 0 Å². The van der Waals surface area contributed by atoms with Crippen LogP contribution >= 0.6 is 23.7 Å². The first-order valence-electron chi connectivity index (χ1n) is 3.62. The summed E-state index contributed by atoms with van der Waals surface area (Å²) in [7, 11) is 0. The van der Waals surface area contributed by atoms with Crippen molar-refractivity contribution in [2.45, 2.75) is 0 Å². The average Bonchev–Trinajstić information content (AvgIpc) is 2.57. The van der Waals surface area contributed by atoms with E-state index in [1.807, 2.05) is 29.6 Å². The third-order valence-corrected chi connectivity index (χ3v) is 2.43. The maximum Gasteiger partial charge on any atom is 0.125 e. The number of anilines is 1. The highest BCUT2D eigenvalue weighted by Crippen LogP contribution is 2.26. The fraction of sp³-hybridized carbons (Fsp3) is 0. The molecule has 1 aromatic carbocycles. The molecule has 13 heavy (non-hydrogen) atoms. The van der Waals surface area contributed by atoms with E-state index < -0.39 is 0 Å². The molecule has 0 aliphatic rings. The number of benzene rings is 1. The van der Waals surface area contributed by atoms with Gasteiger partial charge in [0.15, 0.2) is 0 Å². The van der Waals surface area contributed by atoms with Gasteiger partial charge in [-0.15, -0.1) is 23.7 Å². The number of para-hydroxylation sites is 1. The third kappa shape index (κ3) is 1.99. The van der Waals surface area contributed by atoms with Gasteiger partial charge in [0.2, 0.25) is 0 Å². The summed E-state index contributed by atoms with van der Waals surface area (Å²) >= 11 is 1.60. The second-order valence-electron chi connectivity index (χ2n) is 2.42. The molecule has 0 bridgehead atoms. The molecule has 2 rings (SSSR count). The average molecular weight is 213 g/mol. The Morgan fingerprint density at radius 2 is 2.00 bits per heavy atom. The maximum absolute atomic E-state index is 5.78. The number of hydrogen-bond donors (Lipinski definition) is 1. The summed E-state index contributed by atoms with van der Waals surface area (Å²) in [6, 6.07) is 7.75. The van der Waals surface area contributed by atoms with Crippen molar-refractivity contribution >= 4 is 29.4 Å². The molecule has 0 radical (unpaired) electrons. The Morgan fingerprint density at radius 1 is 1.23 bits per heavy atom. The fourth-order valence-corrected chi connectivity index (χ4v) is 1.73. The predicted molar refractivity (Wildman–Crippen MR) is 59.2 cm³/mol. The van der Waals surface area contributed by atoms with E-state index in [9.17, 15) is 0 Å². The number of nitrogens with two attached hydrogens (primary N) is 1. The Kier molecular flexibility index (Phi) is 3.28. The fourth-order valence-electron chi connectivity index (χ4n) is 1.05. The lowest BCUT2D eigenvalue weighted by Gasteiger charge is -1.99. The van der Waals surface area contributed by atoms with Crippen LogP contribution in [0.4, 0.5) is 5.69 Å². The highest BCUT2D eigenvalue weighted by molar-refractivity contribution is 7.13. The molecular formula is C9H9ClN2S. The first kappa shape index (κ1) is 10.0. The van der Waals surface area contributed by atoms with Gasteiger partial charge in [0.05, 0.1) is 0 Å². The lowest BCUT2D eigenvalue weighted by atomic mass is 10.2. The molecule has 2 aromatic rings. The van der Waals surface area contributed by atoms with E-state index in [1.54, 1.807) is 17.5 Å².